The number of nitrogens with zero attached hydrogens (tertiary/aromatic N) is 2. The van der Waals surface area contributed by atoms with E-state index in [-0.39, 0.29) is 11.5 Å². The van der Waals surface area contributed by atoms with Gasteiger partial charge in [0, 0.05) is 55.9 Å². The molecule has 0 atom stereocenters. The van der Waals surface area contributed by atoms with Crippen molar-refractivity contribution in [2.45, 2.75) is 25.7 Å². The number of aliphatic hydroxyl groups excluding tert-OH is 1. The predicted octanol–water partition coefficient (Wildman–Crippen LogP) is 5.84. The average molecular weight is 509 g/mol. The van der Waals surface area contributed by atoms with Gasteiger partial charge in [-0.15, -0.1) is 0 Å². The van der Waals surface area contributed by atoms with Gasteiger partial charge in [-0.05, 0) is 35.2 Å². The standard InChI is InChI=1S/C32H36N4O2/c1-22(35-31(33-4)28-14-8-25(9-15-28)7-6-24(3)37)20-26-10-16-29(17-11-26)32(34-5)36-23(2)21-27-12-18-30(38)19-13-27/h8-19,37-38H,1-3,6-7,20-21H2,4-5H3,(H,33,35)(H,34,36). The van der Waals surface area contributed by atoms with Crippen LogP contribution in [-0.2, 0) is 19.3 Å². The van der Waals surface area contributed by atoms with Gasteiger partial charge in [0.05, 0.1) is 5.76 Å². The van der Waals surface area contributed by atoms with E-state index in [9.17, 15) is 10.2 Å². The molecule has 3 aromatic rings. The number of hydrogen-bond acceptors (Lipinski definition) is 4. The lowest BCUT2D eigenvalue weighted by molar-refractivity contribution is 0.391. The van der Waals surface area contributed by atoms with Crippen molar-refractivity contribution in [3.8, 4) is 5.75 Å². The fourth-order valence-electron chi connectivity index (χ4n) is 3.94. The molecule has 0 aliphatic heterocycles. The Morgan fingerprint density at radius 2 is 1.05 bits per heavy atom. The molecule has 0 aliphatic carbocycles. The number of phenolic OH excluding ortho intramolecular Hbond substituents is 1. The Morgan fingerprint density at radius 1 is 0.658 bits per heavy atom. The quantitative estimate of drug-likeness (QED) is 0.149. The minimum absolute atomic E-state index is 0.196. The van der Waals surface area contributed by atoms with E-state index in [1.165, 1.54) is 0 Å². The summed E-state index contributed by atoms with van der Waals surface area (Å²) in [7, 11) is 3.50. The molecule has 0 fully saturated rings. The van der Waals surface area contributed by atoms with Crippen molar-refractivity contribution < 1.29 is 10.2 Å². The molecule has 3 aromatic carbocycles. The maximum absolute atomic E-state index is 9.47. The normalized spacial score (nSPS) is 11.6. The Balaban J connectivity index is 1.55. The van der Waals surface area contributed by atoms with E-state index in [0.717, 1.165) is 57.3 Å². The Kier molecular flexibility index (Phi) is 10.1. The molecule has 0 radical (unpaired) electrons. The van der Waals surface area contributed by atoms with Crippen LogP contribution in [0.1, 0.15) is 34.2 Å². The number of aryl methyl sites for hydroxylation is 1. The van der Waals surface area contributed by atoms with Gasteiger partial charge in [0.25, 0.3) is 0 Å². The van der Waals surface area contributed by atoms with E-state index in [0.29, 0.717) is 19.3 Å². The molecule has 3 rings (SSSR count). The van der Waals surface area contributed by atoms with Gasteiger partial charge in [0.15, 0.2) is 0 Å². The first-order valence-electron chi connectivity index (χ1n) is 12.4. The largest absolute Gasteiger partial charge is 0.513 e. The zero-order chi connectivity index (χ0) is 27.5. The van der Waals surface area contributed by atoms with Crippen LogP contribution in [0, 0.1) is 0 Å². The van der Waals surface area contributed by atoms with E-state index in [4.69, 9.17) is 0 Å². The first-order chi connectivity index (χ1) is 18.3. The number of nitrogens with one attached hydrogen (secondary N) is 2. The highest BCUT2D eigenvalue weighted by molar-refractivity contribution is 6.00. The van der Waals surface area contributed by atoms with Crippen molar-refractivity contribution >= 4 is 11.7 Å². The van der Waals surface area contributed by atoms with Crippen LogP contribution in [0.25, 0.3) is 0 Å². The van der Waals surface area contributed by atoms with E-state index in [1.807, 2.05) is 48.5 Å². The molecule has 196 valence electrons. The third kappa shape index (κ3) is 8.52. The zero-order valence-electron chi connectivity index (χ0n) is 22.2. The van der Waals surface area contributed by atoms with E-state index < -0.39 is 0 Å². The maximum atomic E-state index is 9.47. The summed E-state index contributed by atoms with van der Waals surface area (Å²) in [6, 6.07) is 23.4. The molecule has 0 unspecified atom stereocenters. The molecule has 0 aromatic heterocycles. The number of aromatic hydroxyl groups is 1. The van der Waals surface area contributed by atoms with E-state index in [2.05, 4.69) is 52.5 Å². The van der Waals surface area contributed by atoms with Crippen LogP contribution in [0.5, 0.6) is 5.75 Å². The Hall–Kier alpha value is -4.58. The monoisotopic (exact) mass is 508 g/mol. The van der Waals surface area contributed by atoms with Gasteiger partial charge in [0.1, 0.15) is 17.4 Å². The Labute approximate surface area is 225 Å². The van der Waals surface area contributed by atoms with Crippen LogP contribution in [0.4, 0.5) is 0 Å². The van der Waals surface area contributed by atoms with Crippen LogP contribution >= 0.6 is 0 Å². The number of aliphatic imine (C=N–C) groups is 2. The van der Waals surface area contributed by atoms with Crippen LogP contribution in [0.15, 0.2) is 120 Å². The van der Waals surface area contributed by atoms with Gasteiger partial charge in [-0.2, -0.15) is 0 Å². The molecule has 0 heterocycles. The smallest absolute Gasteiger partial charge is 0.132 e. The zero-order valence-corrected chi connectivity index (χ0v) is 22.2. The summed E-state index contributed by atoms with van der Waals surface area (Å²) >= 11 is 0. The summed E-state index contributed by atoms with van der Waals surface area (Å²) in [6.45, 7) is 11.9. The molecule has 0 bridgehead atoms. The first kappa shape index (κ1) is 28.0. The fourth-order valence-corrected chi connectivity index (χ4v) is 3.94. The fraction of sp³-hybridized carbons (Fsp3) is 0.188. The third-order valence-electron chi connectivity index (χ3n) is 5.97. The molecule has 0 aliphatic rings. The predicted molar refractivity (Wildman–Crippen MR) is 158 cm³/mol. The molecular formula is C32H36N4O2. The molecule has 0 spiro atoms. The SMILES string of the molecule is C=C(O)CCc1ccc(C(=NC)NC(=C)Cc2ccc(C(=NC)NC(=C)Cc3ccc(O)cc3)cc2)cc1. The van der Waals surface area contributed by atoms with Crippen molar-refractivity contribution in [3.05, 3.63) is 138 Å². The van der Waals surface area contributed by atoms with Gasteiger partial charge in [-0.3, -0.25) is 9.98 Å². The van der Waals surface area contributed by atoms with Gasteiger partial charge in [0.2, 0.25) is 0 Å². The molecule has 38 heavy (non-hydrogen) atoms. The highest BCUT2D eigenvalue weighted by atomic mass is 16.3. The van der Waals surface area contributed by atoms with Crippen molar-refractivity contribution in [2.75, 3.05) is 14.1 Å². The van der Waals surface area contributed by atoms with Crippen molar-refractivity contribution in [3.63, 3.8) is 0 Å². The highest BCUT2D eigenvalue weighted by Gasteiger charge is 2.08. The number of aliphatic hydroxyl groups is 1. The van der Waals surface area contributed by atoms with Crippen LogP contribution in [-0.4, -0.2) is 36.0 Å². The van der Waals surface area contributed by atoms with Gasteiger partial charge in [-0.25, -0.2) is 0 Å². The number of hydrogen-bond donors (Lipinski definition) is 4. The van der Waals surface area contributed by atoms with Gasteiger partial charge >= 0.3 is 0 Å². The van der Waals surface area contributed by atoms with Crippen LogP contribution in [0.3, 0.4) is 0 Å². The van der Waals surface area contributed by atoms with Gasteiger partial charge in [-0.1, -0.05) is 80.4 Å². The number of phenols is 1. The van der Waals surface area contributed by atoms with E-state index >= 15 is 0 Å². The molecule has 0 amide bonds. The van der Waals surface area contributed by atoms with Crippen LogP contribution in [0.2, 0.25) is 0 Å². The molecule has 4 N–H and O–H groups in total. The molecule has 6 heteroatoms. The summed E-state index contributed by atoms with van der Waals surface area (Å²) in [5.74, 6) is 1.93. The summed E-state index contributed by atoms with van der Waals surface area (Å²) < 4.78 is 0. The minimum atomic E-state index is 0.196. The van der Waals surface area contributed by atoms with Crippen LogP contribution < -0.4 is 10.6 Å². The molecule has 0 saturated carbocycles. The lowest BCUT2D eigenvalue weighted by Gasteiger charge is -2.14. The third-order valence-corrected chi connectivity index (χ3v) is 5.97. The average Bonchev–Trinajstić information content (AvgIpc) is 2.91. The summed E-state index contributed by atoms with van der Waals surface area (Å²) in [4.78, 5) is 8.80. The number of allylic oxidation sites excluding steroid dienone is 3. The summed E-state index contributed by atoms with van der Waals surface area (Å²) in [5.41, 5.74) is 6.88. The minimum Gasteiger partial charge on any atom is -0.513 e. The van der Waals surface area contributed by atoms with Gasteiger partial charge < -0.3 is 20.8 Å². The second-order valence-electron chi connectivity index (χ2n) is 9.08. The lowest BCUT2D eigenvalue weighted by atomic mass is 10.0. The molecule has 6 nitrogen and oxygen atoms in total. The number of amidine groups is 2. The maximum Gasteiger partial charge on any atom is 0.132 e. The van der Waals surface area contributed by atoms with Crippen molar-refractivity contribution in [1.29, 1.82) is 0 Å². The number of rotatable bonds is 11. The Morgan fingerprint density at radius 3 is 1.45 bits per heavy atom. The van der Waals surface area contributed by atoms with Crippen molar-refractivity contribution in [2.24, 2.45) is 9.98 Å². The summed E-state index contributed by atoms with van der Waals surface area (Å²) in [6.07, 6.45) is 2.58. The number of benzene rings is 3. The topological polar surface area (TPSA) is 89.2 Å². The second kappa shape index (κ2) is 13.7. The second-order valence-corrected chi connectivity index (χ2v) is 9.08. The van der Waals surface area contributed by atoms with Crippen molar-refractivity contribution in [1.82, 2.24) is 10.6 Å². The lowest BCUT2D eigenvalue weighted by Crippen LogP contribution is -2.25. The van der Waals surface area contributed by atoms with E-state index in [1.54, 1.807) is 26.2 Å². The highest BCUT2D eigenvalue weighted by Crippen LogP contribution is 2.14. The first-order valence-corrected chi connectivity index (χ1v) is 12.4. The Bertz CT molecular complexity index is 1320. The summed E-state index contributed by atoms with van der Waals surface area (Å²) in [5, 5.41) is 25.4. The molecular weight excluding hydrogens is 472 g/mol. The molecule has 0 saturated heterocycles.